The Morgan fingerprint density at radius 1 is 0.839 bits per heavy atom. The number of fused-ring (bicyclic) bond motifs is 3. The Kier molecular flexibility index (Phi) is 6.17. The molecule has 0 fully saturated rings. The Morgan fingerprint density at radius 2 is 1.48 bits per heavy atom. The summed E-state index contributed by atoms with van der Waals surface area (Å²) >= 11 is 0. The molecule has 2 amide bonds. The van der Waals surface area contributed by atoms with Crippen LogP contribution in [0.15, 0.2) is 72.8 Å². The van der Waals surface area contributed by atoms with E-state index in [0.29, 0.717) is 25.1 Å². The molecule has 6 nitrogen and oxygen atoms in total. The van der Waals surface area contributed by atoms with Crippen molar-refractivity contribution in [1.82, 2.24) is 10.6 Å². The highest BCUT2D eigenvalue weighted by Gasteiger charge is 2.28. The summed E-state index contributed by atoms with van der Waals surface area (Å²) in [7, 11) is 0. The van der Waals surface area contributed by atoms with Crippen LogP contribution in [-0.2, 0) is 4.74 Å². The Morgan fingerprint density at radius 3 is 2.16 bits per heavy atom. The van der Waals surface area contributed by atoms with Gasteiger partial charge in [0.25, 0.3) is 5.91 Å². The number of hydrogen-bond donors (Lipinski definition) is 3. The summed E-state index contributed by atoms with van der Waals surface area (Å²) in [6, 6.07) is 22.6. The molecule has 0 unspecified atom stereocenters. The van der Waals surface area contributed by atoms with Crippen LogP contribution in [0.3, 0.4) is 0 Å². The third kappa shape index (κ3) is 4.69. The highest BCUT2D eigenvalue weighted by molar-refractivity contribution is 5.94. The second-order valence-electron chi connectivity index (χ2n) is 7.41. The first kappa shape index (κ1) is 20.5. The van der Waals surface area contributed by atoms with Crippen molar-refractivity contribution in [1.29, 1.82) is 0 Å². The zero-order valence-corrected chi connectivity index (χ0v) is 17.0. The molecule has 31 heavy (non-hydrogen) atoms. The highest BCUT2D eigenvalue weighted by atomic mass is 16.5. The van der Waals surface area contributed by atoms with Crippen LogP contribution >= 0.6 is 0 Å². The van der Waals surface area contributed by atoms with Crippen LogP contribution < -0.4 is 10.6 Å². The van der Waals surface area contributed by atoms with Crippen LogP contribution in [0.4, 0.5) is 4.79 Å². The zero-order chi connectivity index (χ0) is 21.6. The number of hydrogen-bond acceptors (Lipinski definition) is 4. The predicted octanol–water partition coefficient (Wildman–Crippen LogP) is 4.05. The number of nitrogens with one attached hydrogen (secondary N) is 2. The van der Waals surface area contributed by atoms with E-state index in [2.05, 4.69) is 34.9 Å². The number of phenols is 1. The van der Waals surface area contributed by atoms with Crippen molar-refractivity contribution < 1.29 is 19.4 Å². The molecule has 4 rings (SSSR count). The van der Waals surface area contributed by atoms with Crippen molar-refractivity contribution in [2.75, 3.05) is 19.7 Å². The van der Waals surface area contributed by atoms with Gasteiger partial charge in [0.2, 0.25) is 0 Å². The van der Waals surface area contributed by atoms with Gasteiger partial charge in [0.05, 0.1) is 0 Å². The molecule has 0 spiro atoms. The van der Waals surface area contributed by atoms with Gasteiger partial charge in [0, 0.05) is 24.6 Å². The maximum absolute atomic E-state index is 12.1. The lowest BCUT2D eigenvalue weighted by Gasteiger charge is -2.14. The molecule has 1 aliphatic rings. The van der Waals surface area contributed by atoms with Crippen LogP contribution in [0, 0.1) is 0 Å². The molecule has 0 atom stereocenters. The summed E-state index contributed by atoms with van der Waals surface area (Å²) < 4.78 is 5.48. The van der Waals surface area contributed by atoms with E-state index in [0.717, 1.165) is 0 Å². The summed E-state index contributed by atoms with van der Waals surface area (Å²) in [6.45, 7) is 1.06. The Bertz CT molecular complexity index is 1050. The fourth-order valence-corrected chi connectivity index (χ4v) is 3.88. The zero-order valence-electron chi connectivity index (χ0n) is 17.0. The van der Waals surface area contributed by atoms with Gasteiger partial charge in [-0.25, -0.2) is 4.79 Å². The lowest BCUT2D eigenvalue weighted by Crippen LogP contribution is -2.30. The van der Waals surface area contributed by atoms with E-state index in [-0.39, 0.29) is 24.2 Å². The summed E-state index contributed by atoms with van der Waals surface area (Å²) in [4.78, 5) is 24.1. The summed E-state index contributed by atoms with van der Waals surface area (Å²) in [5.74, 6) is -0.193. The van der Waals surface area contributed by atoms with E-state index in [1.807, 2.05) is 24.3 Å². The van der Waals surface area contributed by atoms with Crippen molar-refractivity contribution in [3.8, 4) is 16.9 Å². The minimum atomic E-state index is -0.471. The monoisotopic (exact) mass is 416 g/mol. The number of aromatic hydroxyl groups is 1. The molecule has 0 saturated heterocycles. The average molecular weight is 416 g/mol. The quantitative estimate of drug-likeness (QED) is 0.507. The van der Waals surface area contributed by atoms with E-state index >= 15 is 0 Å². The highest BCUT2D eigenvalue weighted by Crippen LogP contribution is 2.44. The number of phenolic OH excluding ortho intramolecular Hbond substituents is 1. The maximum Gasteiger partial charge on any atom is 0.407 e. The SMILES string of the molecule is O=C(NCCCNC(=O)c1cccc(O)c1)OCC1c2ccccc2-c2ccccc21. The van der Waals surface area contributed by atoms with Crippen molar-refractivity contribution >= 4 is 12.0 Å². The molecule has 158 valence electrons. The van der Waals surface area contributed by atoms with Gasteiger partial charge >= 0.3 is 6.09 Å². The van der Waals surface area contributed by atoms with Gasteiger partial charge in [0.15, 0.2) is 0 Å². The molecule has 0 heterocycles. The summed E-state index contributed by atoms with van der Waals surface area (Å²) in [5, 5.41) is 14.9. The smallest absolute Gasteiger partial charge is 0.407 e. The Labute approximate surface area is 180 Å². The van der Waals surface area contributed by atoms with Gasteiger partial charge < -0.3 is 20.5 Å². The standard InChI is InChI=1S/C25H24N2O4/c28-18-8-5-7-17(15-18)24(29)26-13-6-14-27-25(30)31-16-23-21-11-3-1-9-19(21)20-10-2-4-12-22(20)23/h1-5,7-12,15,23,28H,6,13-14,16H2,(H,26,29)(H,27,30). The number of carbonyl (C=O) groups is 2. The van der Waals surface area contributed by atoms with Gasteiger partial charge in [-0.15, -0.1) is 0 Å². The number of carbonyl (C=O) groups excluding carboxylic acids is 2. The first-order valence-corrected chi connectivity index (χ1v) is 10.3. The molecule has 0 aliphatic heterocycles. The Hall–Kier alpha value is -3.80. The molecule has 3 N–H and O–H groups in total. The number of alkyl carbamates (subject to hydrolysis) is 1. The molecule has 0 bridgehead atoms. The topological polar surface area (TPSA) is 87.7 Å². The number of ether oxygens (including phenoxy) is 1. The maximum atomic E-state index is 12.1. The number of rotatable bonds is 7. The minimum absolute atomic E-state index is 0.0275. The first-order valence-electron chi connectivity index (χ1n) is 10.3. The molecule has 3 aromatic carbocycles. The van der Waals surface area contributed by atoms with E-state index in [9.17, 15) is 14.7 Å². The van der Waals surface area contributed by atoms with Crippen LogP contribution in [0.5, 0.6) is 5.75 Å². The number of benzene rings is 3. The predicted molar refractivity (Wildman–Crippen MR) is 118 cm³/mol. The third-order valence-corrected chi connectivity index (χ3v) is 5.36. The van der Waals surface area contributed by atoms with Crippen molar-refractivity contribution in [3.63, 3.8) is 0 Å². The van der Waals surface area contributed by atoms with E-state index < -0.39 is 6.09 Å². The van der Waals surface area contributed by atoms with Gasteiger partial charge in [-0.2, -0.15) is 0 Å². The first-order chi connectivity index (χ1) is 15.1. The molecular formula is C25H24N2O4. The largest absolute Gasteiger partial charge is 0.508 e. The normalized spacial score (nSPS) is 12.0. The number of amides is 2. The van der Waals surface area contributed by atoms with Gasteiger partial charge in [-0.05, 0) is 46.9 Å². The molecule has 1 aliphatic carbocycles. The van der Waals surface area contributed by atoms with Crippen LogP contribution in [-0.4, -0.2) is 36.8 Å². The average Bonchev–Trinajstić information content (AvgIpc) is 3.11. The van der Waals surface area contributed by atoms with Crippen LogP contribution in [0.1, 0.15) is 33.8 Å². The van der Waals surface area contributed by atoms with Crippen molar-refractivity contribution in [3.05, 3.63) is 89.5 Å². The molecule has 0 radical (unpaired) electrons. The van der Waals surface area contributed by atoms with Gasteiger partial charge in [-0.3, -0.25) is 4.79 Å². The molecule has 0 aromatic heterocycles. The molecule has 6 heteroatoms. The van der Waals surface area contributed by atoms with Crippen LogP contribution in [0.25, 0.3) is 11.1 Å². The van der Waals surface area contributed by atoms with Gasteiger partial charge in [0.1, 0.15) is 12.4 Å². The lowest BCUT2D eigenvalue weighted by atomic mass is 9.98. The third-order valence-electron chi connectivity index (χ3n) is 5.36. The van der Waals surface area contributed by atoms with E-state index in [1.54, 1.807) is 12.1 Å². The second kappa shape index (κ2) is 9.34. The van der Waals surface area contributed by atoms with Crippen LogP contribution in [0.2, 0.25) is 0 Å². The minimum Gasteiger partial charge on any atom is -0.508 e. The lowest BCUT2D eigenvalue weighted by molar-refractivity contribution is 0.0953. The van der Waals surface area contributed by atoms with Crippen molar-refractivity contribution in [2.24, 2.45) is 0 Å². The summed E-state index contributed by atoms with van der Waals surface area (Å²) in [5.41, 5.74) is 5.12. The second-order valence-corrected chi connectivity index (χ2v) is 7.41. The van der Waals surface area contributed by atoms with E-state index in [4.69, 9.17) is 4.74 Å². The molecule has 0 saturated carbocycles. The van der Waals surface area contributed by atoms with E-state index in [1.165, 1.54) is 34.4 Å². The fraction of sp³-hybridized carbons (Fsp3) is 0.200. The fourth-order valence-electron chi connectivity index (χ4n) is 3.88. The van der Waals surface area contributed by atoms with Crippen molar-refractivity contribution in [2.45, 2.75) is 12.3 Å². The molecule has 3 aromatic rings. The van der Waals surface area contributed by atoms with Gasteiger partial charge in [-0.1, -0.05) is 54.6 Å². The Balaban J connectivity index is 1.21. The summed E-state index contributed by atoms with van der Waals surface area (Å²) in [6.07, 6.45) is 0.0931. The molecular weight excluding hydrogens is 392 g/mol.